The average molecular weight is 631 g/mol. The number of ether oxygens (including phenoxy) is 2. The van der Waals surface area contributed by atoms with Crippen LogP contribution in [0.15, 0.2) is 41.3 Å². The summed E-state index contributed by atoms with van der Waals surface area (Å²) in [6.45, 7) is 8.93. The number of hydrogen-bond donors (Lipinski definition) is 0. The number of methoxy groups -OCH3 is 1. The number of hydrogen-bond acceptors (Lipinski definition) is 7. The highest BCUT2D eigenvalue weighted by Gasteiger charge is 2.43. The van der Waals surface area contributed by atoms with Gasteiger partial charge in [-0.25, -0.2) is 12.8 Å². The van der Waals surface area contributed by atoms with E-state index in [2.05, 4.69) is 16.8 Å². The van der Waals surface area contributed by atoms with E-state index in [0.29, 0.717) is 47.8 Å². The fourth-order valence-corrected chi connectivity index (χ4v) is 9.40. The maximum atomic E-state index is 14.3. The van der Waals surface area contributed by atoms with Gasteiger partial charge in [0.05, 0.1) is 18.6 Å². The van der Waals surface area contributed by atoms with Crippen molar-refractivity contribution in [2.24, 2.45) is 0 Å². The minimum atomic E-state index is -3.76. The minimum Gasteiger partial charge on any atom is -0.497 e. The number of carbonyl (C=O) groups excluding carboxylic acids is 1. The summed E-state index contributed by atoms with van der Waals surface area (Å²) in [7, 11) is -0.0663. The molecule has 11 heteroatoms. The van der Waals surface area contributed by atoms with Gasteiger partial charge in [-0.05, 0) is 87.5 Å². The van der Waals surface area contributed by atoms with Crippen LogP contribution in [0.4, 0.5) is 4.39 Å². The molecule has 5 rings (SSSR count). The van der Waals surface area contributed by atoms with Gasteiger partial charge in [-0.3, -0.25) is 9.69 Å². The van der Waals surface area contributed by atoms with Gasteiger partial charge in [0.15, 0.2) is 0 Å². The molecule has 9 nitrogen and oxygen atoms in total. The lowest BCUT2D eigenvalue weighted by atomic mass is 9.78. The summed E-state index contributed by atoms with van der Waals surface area (Å²) in [5, 5.41) is 0. The molecule has 3 aliphatic rings. The van der Waals surface area contributed by atoms with Crippen molar-refractivity contribution >= 4 is 15.9 Å². The van der Waals surface area contributed by atoms with E-state index in [9.17, 15) is 17.6 Å². The number of carbonyl (C=O) groups is 1. The first-order valence-electron chi connectivity index (χ1n) is 15.8. The molecular formula is C33H47FN4O5S. The zero-order valence-corrected chi connectivity index (χ0v) is 27.4. The Morgan fingerprint density at radius 1 is 0.977 bits per heavy atom. The van der Waals surface area contributed by atoms with E-state index in [4.69, 9.17) is 9.47 Å². The number of aryl methyl sites for hydroxylation is 2. The number of rotatable bonds is 9. The van der Waals surface area contributed by atoms with Gasteiger partial charge in [0.1, 0.15) is 18.2 Å². The van der Waals surface area contributed by atoms with Crippen molar-refractivity contribution < 1.29 is 27.1 Å². The van der Waals surface area contributed by atoms with Crippen molar-refractivity contribution in [1.29, 1.82) is 0 Å². The molecule has 3 aliphatic heterocycles. The second-order valence-corrected chi connectivity index (χ2v) is 14.4. The topological polar surface area (TPSA) is 82.6 Å². The highest BCUT2D eigenvalue weighted by atomic mass is 32.2. The lowest BCUT2D eigenvalue weighted by Gasteiger charge is -2.51. The first-order valence-corrected chi connectivity index (χ1v) is 17.2. The summed E-state index contributed by atoms with van der Waals surface area (Å²) < 4.78 is 54.9. The van der Waals surface area contributed by atoms with Gasteiger partial charge < -0.3 is 19.3 Å². The number of likely N-dealkylation sites (N-methyl/N-ethyl adjacent to an activating group) is 1. The summed E-state index contributed by atoms with van der Waals surface area (Å²) in [5.41, 5.74) is 1.97. The van der Waals surface area contributed by atoms with Crippen molar-refractivity contribution in [3.8, 4) is 5.75 Å². The molecular weight excluding hydrogens is 583 g/mol. The van der Waals surface area contributed by atoms with Crippen molar-refractivity contribution in [2.45, 2.75) is 62.4 Å². The number of sulfonamides is 1. The zero-order chi connectivity index (χ0) is 31.5. The van der Waals surface area contributed by atoms with Crippen molar-refractivity contribution in [1.82, 2.24) is 19.0 Å². The number of piperidine rings is 2. The molecule has 1 atom stereocenters. The molecule has 3 fully saturated rings. The molecule has 0 N–H and O–H groups in total. The van der Waals surface area contributed by atoms with Crippen LogP contribution in [-0.2, 0) is 25.1 Å². The highest BCUT2D eigenvalue weighted by molar-refractivity contribution is 7.89. The van der Waals surface area contributed by atoms with E-state index in [1.807, 2.05) is 11.0 Å². The average Bonchev–Trinajstić information content (AvgIpc) is 3.01. The lowest BCUT2D eigenvalue weighted by Crippen LogP contribution is -2.59. The summed E-state index contributed by atoms with van der Waals surface area (Å²) in [6, 6.07) is 10.1. The van der Waals surface area contributed by atoms with Crippen LogP contribution in [0.5, 0.6) is 5.75 Å². The Morgan fingerprint density at radius 2 is 1.66 bits per heavy atom. The van der Waals surface area contributed by atoms with Crippen LogP contribution in [0.25, 0.3) is 0 Å². The van der Waals surface area contributed by atoms with Gasteiger partial charge in [0.2, 0.25) is 15.9 Å². The Labute approximate surface area is 261 Å². The summed E-state index contributed by atoms with van der Waals surface area (Å²) in [5.74, 6) is 0.299. The molecule has 0 spiro atoms. The van der Waals surface area contributed by atoms with E-state index in [1.165, 1.54) is 6.07 Å². The summed E-state index contributed by atoms with van der Waals surface area (Å²) in [4.78, 5) is 20.2. The third-order valence-corrected chi connectivity index (χ3v) is 12.0. The molecule has 3 heterocycles. The van der Waals surface area contributed by atoms with Crippen LogP contribution < -0.4 is 4.74 Å². The monoisotopic (exact) mass is 630 g/mol. The Hall–Kier alpha value is -2.57. The van der Waals surface area contributed by atoms with E-state index < -0.39 is 10.0 Å². The van der Waals surface area contributed by atoms with E-state index in [-0.39, 0.29) is 36.5 Å². The van der Waals surface area contributed by atoms with Gasteiger partial charge in [0.25, 0.3) is 0 Å². The number of benzene rings is 2. The van der Waals surface area contributed by atoms with Crippen LogP contribution in [0.3, 0.4) is 0 Å². The van der Waals surface area contributed by atoms with Crippen LogP contribution in [0, 0.1) is 19.7 Å². The Kier molecular flexibility index (Phi) is 10.3. The van der Waals surface area contributed by atoms with Crippen molar-refractivity contribution in [2.75, 3.05) is 73.2 Å². The number of halogens is 1. The molecule has 3 saturated heterocycles. The number of piperazine rings is 1. The van der Waals surface area contributed by atoms with Gasteiger partial charge in [-0.15, -0.1) is 0 Å². The van der Waals surface area contributed by atoms with Gasteiger partial charge in [-0.1, -0.05) is 18.6 Å². The Balaban J connectivity index is 1.21. The Bertz CT molecular complexity index is 1400. The normalized spacial score (nSPS) is 22.2. The first kappa shape index (κ1) is 32.8. The molecule has 0 saturated carbocycles. The third kappa shape index (κ3) is 6.82. The molecule has 0 radical (unpaired) electrons. The molecule has 0 aliphatic carbocycles. The molecule has 44 heavy (non-hydrogen) atoms. The van der Waals surface area contributed by atoms with Crippen LogP contribution >= 0.6 is 0 Å². The molecule has 2 aromatic carbocycles. The molecule has 0 bridgehead atoms. The third-order valence-electron chi connectivity index (χ3n) is 9.76. The van der Waals surface area contributed by atoms with E-state index >= 15 is 0 Å². The largest absolute Gasteiger partial charge is 0.497 e. The quantitative estimate of drug-likeness (QED) is 0.417. The second-order valence-electron chi connectivity index (χ2n) is 12.6. The van der Waals surface area contributed by atoms with Gasteiger partial charge in [0, 0.05) is 57.4 Å². The standard InChI is InChI=1S/C33H47FN4O5S/c1-25-20-30(42-4)21-26(2)32(25)44(40,41)38-13-6-5-10-29(38)23-43-24-31(39)36-14-11-33(12-15-36,27-8-7-9-28(34)22-27)37-18-16-35(3)17-19-37/h7-9,20-22,29H,5-6,10-19,23-24H2,1-4H3. The maximum Gasteiger partial charge on any atom is 0.248 e. The van der Waals surface area contributed by atoms with Gasteiger partial charge >= 0.3 is 0 Å². The molecule has 0 aromatic heterocycles. The van der Waals surface area contributed by atoms with E-state index in [0.717, 1.165) is 57.4 Å². The predicted molar refractivity (Wildman–Crippen MR) is 168 cm³/mol. The highest BCUT2D eigenvalue weighted by Crippen LogP contribution is 2.40. The smallest absolute Gasteiger partial charge is 0.248 e. The molecule has 2 aromatic rings. The summed E-state index contributed by atoms with van der Waals surface area (Å²) >= 11 is 0. The number of amides is 1. The Morgan fingerprint density at radius 3 is 2.30 bits per heavy atom. The van der Waals surface area contributed by atoms with Gasteiger partial charge in [-0.2, -0.15) is 4.31 Å². The van der Waals surface area contributed by atoms with Crippen molar-refractivity contribution in [3.63, 3.8) is 0 Å². The molecule has 1 unspecified atom stereocenters. The van der Waals surface area contributed by atoms with Crippen LogP contribution in [0.2, 0.25) is 0 Å². The van der Waals surface area contributed by atoms with Crippen LogP contribution in [0.1, 0.15) is 48.8 Å². The zero-order valence-electron chi connectivity index (χ0n) is 26.6. The SMILES string of the molecule is COc1cc(C)c(S(=O)(=O)N2CCCCC2COCC(=O)N2CCC(c3cccc(F)c3)(N3CCN(C)CC3)CC2)c(C)c1. The van der Waals surface area contributed by atoms with Crippen molar-refractivity contribution in [3.05, 3.63) is 58.9 Å². The molecule has 1 amide bonds. The summed E-state index contributed by atoms with van der Waals surface area (Å²) in [6.07, 6.45) is 3.83. The maximum absolute atomic E-state index is 14.3. The predicted octanol–water partition coefficient (Wildman–Crippen LogP) is 3.78. The number of nitrogens with zero attached hydrogens (tertiary/aromatic N) is 4. The van der Waals surface area contributed by atoms with E-state index in [1.54, 1.807) is 49.5 Å². The minimum absolute atomic E-state index is 0.0908. The first-order chi connectivity index (χ1) is 21.0. The fourth-order valence-electron chi connectivity index (χ4n) is 7.31. The lowest BCUT2D eigenvalue weighted by molar-refractivity contribution is -0.140. The fraction of sp³-hybridized carbons (Fsp3) is 0.606. The van der Waals surface area contributed by atoms with Crippen LogP contribution in [-0.4, -0.2) is 113 Å². The molecule has 242 valence electrons. The number of likely N-dealkylation sites (tertiary alicyclic amines) is 1. The second kappa shape index (κ2) is 13.8.